The van der Waals surface area contributed by atoms with Crippen LogP contribution in [0.3, 0.4) is 0 Å². The summed E-state index contributed by atoms with van der Waals surface area (Å²) < 4.78 is 0. The van der Waals surface area contributed by atoms with Crippen LogP contribution in [0.25, 0.3) is 0 Å². The minimum Gasteiger partial charge on any atom is -0.378 e. The number of nitrogens with zero attached hydrogens (tertiary/aromatic N) is 2. The average molecular weight is 255 g/mol. The third-order valence-electron chi connectivity index (χ3n) is 2.74. The Morgan fingerprint density at radius 2 is 1.89 bits per heavy atom. The molecule has 0 saturated carbocycles. The molecule has 0 atom stereocenters. The SMILES string of the molecule is CN(C)c1ccc(NC(=O)Cc2ccccn2)cc1. The van der Waals surface area contributed by atoms with E-state index in [1.165, 1.54) is 0 Å². The Labute approximate surface area is 113 Å². The number of amides is 1. The molecule has 0 aliphatic rings. The Morgan fingerprint density at radius 1 is 1.16 bits per heavy atom. The molecule has 98 valence electrons. The van der Waals surface area contributed by atoms with E-state index in [-0.39, 0.29) is 12.3 Å². The predicted octanol–water partition coefficient (Wildman–Crippen LogP) is 2.33. The molecular weight excluding hydrogens is 238 g/mol. The van der Waals surface area contributed by atoms with Gasteiger partial charge in [0.05, 0.1) is 6.42 Å². The fraction of sp³-hybridized carbons (Fsp3) is 0.200. The Bertz CT molecular complexity index is 535. The van der Waals surface area contributed by atoms with Gasteiger partial charge in [0.25, 0.3) is 0 Å². The number of anilines is 2. The molecule has 1 aromatic carbocycles. The van der Waals surface area contributed by atoms with E-state index in [0.717, 1.165) is 17.1 Å². The largest absolute Gasteiger partial charge is 0.378 e. The molecule has 0 fully saturated rings. The molecule has 1 amide bonds. The number of benzene rings is 1. The second-order valence-corrected chi connectivity index (χ2v) is 4.49. The number of aromatic nitrogens is 1. The summed E-state index contributed by atoms with van der Waals surface area (Å²) in [5.74, 6) is -0.0590. The van der Waals surface area contributed by atoms with Crippen molar-refractivity contribution in [3.8, 4) is 0 Å². The summed E-state index contributed by atoms with van der Waals surface area (Å²) in [6.45, 7) is 0. The lowest BCUT2D eigenvalue weighted by Crippen LogP contribution is -2.15. The average Bonchev–Trinajstić information content (AvgIpc) is 2.40. The summed E-state index contributed by atoms with van der Waals surface area (Å²) in [5, 5.41) is 2.86. The molecule has 0 spiro atoms. The summed E-state index contributed by atoms with van der Waals surface area (Å²) in [5.41, 5.74) is 2.67. The summed E-state index contributed by atoms with van der Waals surface area (Å²) >= 11 is 0. The van der Waals surface area contributed by atoms with E-state index in [4.69, 9.17) is 0 Å². The summed E-state index contributed by atoms with van der Waals surface area (Å²) in [6, 6.07) is 13.3. The van der Waals surface area contributed by atoms with E-state index < -0.39 is 0 Å². The van der Waals surface area contributed by atoms with Crippen molar-refractivity contribution in [1.29, 1.82) is 0 Å². The van der Waals surface area contributed by atoms with Crippen molar-refractivity contribution in [2.75, 3.05) is 24.3 Å². The molecule has 0 unspecified atom stereocenters. The van der Waals surface area contributed by atoms with Crippen LogP contribution in [-0.4, -0.2) is 25.0 Å². The quantitative estimate of drug-likeness (QED) is 0.912. The van der Waals surface area contributed by atoms with Crippen LogP contribution < -0.4 is 10.2 Å². The van der Waals surface area contributed by atoms with Gasteiger partial charge < -0.3 is 10.2 Å². The smallest absolute Gasteiger partial charge is 0.230 e. The van der Waals surface area contributed by atoms with Crippen LogP contribution in [0.5, 0.6) is 0 Å². The molecule has 4 nitrogen and oxygen atoms in total. The molecule has 0 aliphatic heterocycles. The zero-order valence-corrected chi connectivity index (χ0v) is 11.1. The van der Waals surface area contributed by atoms with Gasteiger partial charge in [-0.1, -0.05) is 6.07 Å². The van der Waals surface area contributed by atoms with Gasteiger partial charge in [0.15, 0.2) is 0 Å². The highest BCUT2D eigenvalue weighted by molar-refractivity contribution is 5.92. The van der Waals surface area contributed by atoms with Gasteiger partial charge in [-0.3, -0.25) is 9.78 Å². The van der Waals surface area contributed by atoms with Crippen molar-refractivity contribution in [2.45, 2.75) is 6.42 Å². The van der Waals surface area contributed by atoms with E-state index in [2.05, 4.69) is 10.3 Å². The lowest BCUT2D eigenvalue weighted by atomic mass is 10.2. The molecule has 0 bridgehead atoms. The highest BCUT2D eigenvalue weighted by atomic mass is 16.1. The van der Waals surface area contributed by atoms with E-state index >= 15 is 0 Å². The molecule has 1 N–H and O–H groups in total. The normalized spacial score (nSPS) is 10.0. The monoisotopic (exact) mass is 255 g/mol. The molecule has 2 aromatic rings. The maximum atomic E-state index is 11.8. The van der Waals surface area contributed by atoms with E-state index in [9.17, 15) is 4.79 Å². The maximum Gasteiger partial charge on any atom is 0.230 e. The zero-order valence-electron chi connectivity index (χ0n) is 11.1. The molecule has 2 rings (SSSR count). The Hall–Kier alpha value is -2.36. The molecular formula is C15H17N3O. The molecule has 0 radical (unpaired) electrons. The molecule has 4 heteroatoms. The number of hydrogen-bond donors (Lipinski definition) is 1. The number of hydrogen-bond acceptors (Lipinski definition) is 3. The van der Waals surface area contributed by atoms with Crippen LogP contribution in [0.4, 0.5) is 11.4 Å². The first-order valence-electron chi connectivity index (χ1n) is 6.12. The van der Waals surface area contributed by atoms with Crippen molar-refractivity contribution in [2.24, 2.45) is 0 Å². The molecule has 19 heavy (non-hydrogen) atoms. The van der Waals surface area contributed by atoms with Gasteiger partial charge >= 0.3 is 0 Å². The van der Waals surface area contributed by atoms with Crippen molar-refractivity contribution >= 4 is 17.3 Å². The van der Waals surface area contributed by atoms with Crippen LogP contribution in [0.1, 0.15) is 5.69 Å². The van der Waals surface area contributed by atoms with Crippen molar-refractivity contribution < 1.29 is 4.79 Å². The second-order valence-electron chi connectivity index (χ2n) is 4.49. The number of nitrogens with one attached hydrogen (secondary N) is 1. The predicted molar refractivity (Wildman–Crippen MR) is 77.3 cm³/mol. The number of carbonyl (C=O) groups is 1. The van der Waals surface area contributed by atoms with Crippen molar-refractivity contribution in [3.05, 3.63) is 54.4 Å². The van der Waals surface area contributed by atoms with Crippen LogP contribution in [0.2, 0.25) is 0 Å². The van der Waals surface area contributed by atoms with Gasteiger partial charge in [-0.2, -0.15) is 0 Å². The summed E-state index contributed by atoms with van der Waals surface area (Å²) in [7, 11) is 3.96. The Balaban J connectivity index is 1.95. The first kappa shape index (κ1) is 13.1. The molecule has 1 heterocycles. The minimum absolute atomic E-state index is 0.0590. The number of pyridine rings is 1. The van der Waals surface area contributed by atoms with Crippen LogP contribution in [0, 0.1) is 0 Å². The standard InChI is InChI=1S/C15H17N3O/c1-18(2)14-8-6-12(7-9-14)17-15(19)11-13-5-3-4-10-16-13/h3-10H,11H2,1-2H3,(H,17,19). The number of carbonyl (C=O) groups excluding carboxylic acids is 1. The number of rotatable bonds is 4. The molecule has 0 saturated heterocycles. The fourth-order valence-corrected chi connectivity index (χ4v) is 1.72. The van der Waals surface area contributed by atoms with Gasteiger partial charge in [0.2, 0.25) is 5.91 Å². The van der Waals surface area contributed by atoms with Crippen LogP contribution in [-0.2, 0) is 11.2 Å². The molecule has 0 aliphatic carbocycles. The van der Waals surface area contributed by atoms with Crippen molar-refractivity contribution in [1.82, 2.24) is 4.98 Å². The minimum atomic E-state index is -0.0590. The van der Waals surface area contributed by atoms with Gasteiger partial charge in [-0.15, -0.1) is 0 Å². The van der Waals surface area contributed by atoms with Gasteiger partial charge in [0, 0.05) is 37.4 Å². The first-order valence-corrected chi connectivity index (χ1v) is 6.12. The highest BCUT2D eigenvalue weighted by Gasteiger charge is 2.04. The summed E-state index contributed by atoms with van der Waals surface area (Å²) in [6.07, 6.45) is 1.98. The first-order chi connectivity index (χ1) is 9.15. The summed E-state index contributed by atoms with van der Waals surface area (Å²) in [4.78, 5) is 18.0. The van der Waals surface area contributed by atoms with Crippen LogP contribution >= 0.6 is 0 Å². The van der Waals surface area contributed by atoms with Gasteiger partial charge in [-0.05, 0) is 36.4 Å². The third kappa shape index (κ3) is 3.81. The second kappa shape index (κ2) is 6.00. The topological polar surface area (TPSA) is 45.2 Å². The van der Waals surface area contributed by atoms with Gasteiger partial charge in [-0.25, -0.2) is 0 Å². The third-order valence-corrected chi connectivity index (χ3v) is 2.74. The van der Waals surface area contributed by atoms with E-state index in [1.54, 1.807) is 6.20 Å². The maximum absolute atomic E-state index is 11.8. The Kier molecular flexibility index (Phi) is 4.13. The highest BCUT2D eigenvalue weighted by Crippen LogP contribution is 2.15. The molecule has 1 aromatic heterocycles. The zero-order chi connectivity index (χ0) is 13.7. The fourth-order valence-electron chi connectivity index (χ4n) is 1.72. The lowest BCUT2D eigenvalue weighted by molar-refractivity contribution is -0.115. The van der Waals surface area contributed by atoms with E-state index in [1.807, 2.05) is 61.5 Å². The van der Waals surface area contributed by atoms with Crippen LogP contribution in [0.15, 0.2) is 48.7 Å². The lowest BCUT2D eigenvalue weighted by Gasteiger charge is -2.13. The van der Waals surface area contributed by atoms with Crippen molar-refractivity contribution in [3.63, 3.8) is 0 Å². The Morgan fingerprint density at radius 3 is 2.47 bits per heavy atom. The van der Waals surface area contributed by atoms with E-state index in [0.29, 0.717) is 0 Å². The van der Waals surface area contributed by atoms with Gasteiger partial charge in [0.1, 0.15) is 0 Å².